The van der Waals surface area contributed by atoms with E-state index in [1.165, 1.54) is 0 Å². The van der Waals surface area contributed by atoms with E-state index in [9.17, 15) is 14.4 Å². The molecule has 2 rings (SSSR count). The molecule has 2 N–H and O–H groups in total. The lowest BCUT2D eigenvalue weighted by atomic mass is 10.1. The Labute approximate surface area is 162 Å². The van der Waals surface area contributed by atoms with Crippen LogP contribution in [0.5, 0.6) is 0 Å². The second-order valence-corrected chi connectivity index (χ2v) is 6.50. The Morgan fingerprint density at radius 2 is 1.48 bits per heavy atom. The van der Waals surface area contributed by atoms with Crippen molar-refractivity contribution in [1.82, 2.24) is 0 Å². The van der Waals surface area contributed by atoms with Crippen LogP contribution in [0.3, 0.4) is 0 Å². The van der Waals surface area contributed by atoms with Crippen molar-refractivity contribution in [3.8, 4) is 0 Å². The van der Waals surface area contributed by atoms with Gasteiger partial charge >= 0.3 is 5.97 Å². The fourth-order valence-electron chi connectivity index (χ4n) is 2.21. The maximum atomic E-state index is 11.8. The van der Waals surface area contributed by atoms with Crippen molar-refractivity contribution in [2.75, 3.05) is 17.2 Å². The first kappa shape index (κ1) is 20.5. The maximum Gasteiger partial charge on any atom is 0.306 e. The van der Waals surface area contributed by atoms with Gasteiger partial charge in [-0.15, -0.1) is 0 Å². The zero-order chi connectivity index (χ0) is 19.8. The van der Waals surface area contributed by atoms with Crippen LogP contribution in [0.2, 0.25) is 5.02 Å². The summed E-state index contributed by atoms with van der Waals surface area (Å²) in [6.45, 7) is 3.52. The largest absolute Gasteiger partial charge is 0.456 e. The van der Waals surface area contributed by atoms with Crippen molar-refractivity contribution in [1.29, 1.82) is 0 Å². The molecule has 7 heteroatoms. The van der Waals surface area contributed by atoms with Crippen LogP contribution in [0.4, 0.5) is 11.4 Å². The van der Waals surface area contributed by atoms with E-state index in [4.69, 9.17) is 16.3 Å². The van der Waals surface area contributed by atoms with Gasteiger partial charge in [-0.05, 0) is 61.4 Å². The van der Waals surface area contributed by atoms with E-state index < -0.39 is 18.5 Å². The predicted molar refractivity (Wildman–Crippen MR) is 105 cm³/mol. The summed E-state index contributed by atoms with van der Waals surface area (Å²) in [4.78, 5) is 35.4. The zero-order valence-corrected chi connectivity index (χ0v) is 15.9. The number of anilines is 2. The van der Waals surface area contributed by atoms with Gasteiger partial charge in [-0.25, -0.2) is 0 Å². The van der Waals surface area contributed by atoms with E-state index in [0.717, 1.165) is 11.1 Å². The molecule has 0 aliphatic rings. The van der Waals surface area contributed by atoms with E-state index in [1.54, 1.807) is 30.3 Å². The smallest absolute Gasteiger partial charge is 0.306 e. The highest BCUT2D eigenvalue weighted by molar-refractivity contribution is 6.30. The Hall–Kier alpha value is -2.86. The van der Waals surface area contributed by atoms with Crippen LogP contribution in [-0.2, 0) is 19.1 Å². The van der Waals surface area contributed by atoms with Crippen LogP contribution in [0, 0.1) is 13.8 Å². The highest BCUT2D eigenvalue weighted by Gasteiger charge is 2.11. The van der Waals surface area contributed by atoms with E-state index in [-0.39, 0.29) is 18.7 Å². The third-order valence-corrected chi connectivity index (χ3v) is 4.09. The van der Waals surface area contributed by atoms with Gasteiger partial charge in [-0.2, -0.15) is 0 Å². The van der Waals surface area contributed by atoms with Gasteiger partial charge in [0.2, 0.25) is 5.91 Å². The van der Waals surface area contributed by atoms with Gasteiger partial charge in [0.1, 0.15) is 0 Å². The monoisotopic (exact) mass is 388 g/mol. The van der Waals surface area contributed by atoms with E-state index in [2.05, 4.69) is 10.6 Å². The number of esters is 1. The molecule has 6 nitrogen and oxygen atoms in total. The molecule has 0 aliphatic heterocycles. The molecule has 0 fully saturated rings. The number of rotatable bonds is 7. The van der Waals surface area contributed by atoms with Crippen LogP contribution in [-0.4, -0.2) is 24.4 Å². The summed E-state index contributed by atoms with van der Waals surface area (Å²) >= 11 is 5.77. The first-order valence-corrected chi connectivity index (χ1v) is 8.79. The maximum absolute atomic E-state index is 11.8. The molecule has 142 valence electrons. The number of ether oxygens (including phenoxy) is 1. The number of hydrogen-bond donors (Lipinski definition) is 2. The van der Waals surface area contributed by atoms with Gasteiger partial charge < -0.3 is 15.4 Å². The molecule has 0 aromatic heterocycles. The van der Waals surface area contributed by atoms with Gasteiger partial charge in [-0.1, -0.05) is 17.7 Å². The first-order valence-electron chi connectivity index (χ1n) is 8.41. The summed E-state index contributed by atoms with van der Waals surface area (Å²) in [5.41, 5.74) is 3.40. The number of carbonyl (C=O) groups is 3. The van der Waals surface area contributed by atoms with Crippen molar-refractivity contribution in [3.05, 3.63) is 58.6 Å². The second kappa shape index (κ2) is 9.73. The summed E-state index contributed by atoms with van der Waals surface area (Å²) in [7, 11) is 0. The minimum Gasteiger partial charge on any atom is -0.456 e. The summed E-state index contributed by atoms with van der Waals surface area (Å²) in [6, 6.07) is 12.2. The molecule has 2 amide bonds. The molecule has 0 aliphatic carbocycles. The van der Waals surface area contributed by atoms with Gasteiger partial charge in [-0.3, -0.25) is 14.4 Å². The predicted octanol–water partition coefficient (Wildman–Crippen LogP) is 3.86. The molecule has 0 saturated heterocycles. The molecule has 0 spiro atoms. The zero-order valence-electron chi connectivity index (χ0n) is 15.2. The average molecular weight is 389 g/mol. The number of aryl methyl sites for hydroxylation is 2. The van der Waals surface area contributed by atoms with Gasteiger partial charge in [0.05, 0.1) is 6.42 Å². The van der Waals surface area contributed by atoms with Crippen molar-refractivity contribution in [2.45, 2.75) is 26.7 Å². The topological polar surface area (TPSA) is 84.5 Å². The highest BCUT2D eigenvalue weighted by Crippen LogP contribution is 2.15. The fraction of sp³-hybridized carbons (Fsp3) is 0.250. The summed E-state index contributed by atoms with van der Waals surface area (Å²) < 4.78 is 4.90. The molecule has 2 aromatic rings. The van der Waals surface area contributed by atoms with Crippen molar-refractivity contribution < 1.29 is 19.1 Å². The normalized spacial score (nSPS) is 10.2. The standard InChI is InChI=1S/C20H21ClN2O4/c1-13-3-6-17(11-14(13)2)23-19(25)12-27-20(26)10-9-18(24)22-16-7-4-15(21)5-8-16/h3-8,11H,9-10,12H2,1-2H3,(H,22,24)(H,23,25). The van der Waals surface area contributed by atoms with Crippen LogP contribution in [0.15, 0.2) is 42.5 Å². The lowest BCUT2D eigenvalue weighted by Gasteiger charge is -2.08. The minimum atomic E-state index is -0.614. The number of carbonyl (C=O) groups excluding carboxylic acids is 3. The van der Waals surface area contributed by atoms with Crippen molar-refractivity contribution in [3.63, 3.8) is 0 Å². The lowest BCUT2D eigenvalue weighted by Crippen LogP contribution is -2.21. The summed E-state index contributed by atoms with van der Waals surface area (Å²) in [6.07, 6.45) is -0.156. The highest BCUT2D eigenvalue weighted by atomic mass is 35.5. The number of halogens is 1. The molecule has 2 aromatic carbocycles. The van der Waals surface area contributed by atoms with E-state index in [1.807, 2.05) is 26.0 Å². The number of amides is 2. The second-order valence-electron chi connectivity index (χ2n) is 6.06. The first-order chi connectivity index (χ1) is 12.8. The van der Waals surface area contributed by atoms with E-state index in [0.29, 0.717) is 16.4 Å². The third kappa shape index (κ3) is 7.11. The van der Waals surface area contributed by atoms with Crippen LogP contribution >= 0.6 is 11.6 Å². The van der Waals surface area contributed by atoms with Crippen LogP contribution in [0.25, 0.3) is 0 Å². The fourth-order valence-corrected chi connectivity index (χ4v) is 2.33. The molecule has 0 heterocycles. The number of hydrogen-bond acceptors (Lipinski definition) is 4. The van der Waals surface area contributed by atoms with Crippen LogP contribution < -0.4 is 10.6 Å². The van der Waals surface area contributed by atoms with Gasteiger partial charge in [0.15, 0.2) is 6.61 Å². The van der Waals surface area contributed by atoms with E-state index >= 15 is 0 Å². The van der Waals surface area contributed by atoms with Crippen molar-refractivity contribution >= 4 is 40.8 Å². The molecule has 0 radical (unpaired) electrons. The van der Waals surface area contributed by atoms with Crippen molar-refractivity contribution in [2.24, 2.45) is 0 Å². The quantitative estimate of drug-likeness (QED) is 0.705. The molecular weight excluding hydrogens is 368 g/mol. The summed E-state index contributed by atoms with van der Waals surface area (Å²) in [5.74, 6) is -1.37. The Balaban J connectivity index is 1.69. The molecule has 0 atom stereocenters. The Bertz CT molecular complexity index is 834. The molecule has 0 saturated carbocycles. The number of nitrogens with one attached hydrogen (secondary N) is 2. The molecular formula is C20H21ClN2O4. The molecule has 0 unspecified atom stereocenters. The Kier molecular flexibility index (Phi) is 7.37. The lowest BCUT2D eigenvalue weighted by molar-refractivity contribution is -0.147. The minimum absolute atomic E-state index is 0.0414. The number of benzene rings is 2. The Morgan fingerprint density at radius 1 is 0.852 bits per heavy atom. The van der Waals surface area contributed by atoms with Gasteiger partial charge in [0, 0.05) is 22.8 Å². The third-order valence-electron chi connectivity index (χ3n) is 3.84. The van der Waals surface area contributed by atoms with Crippen LogP contribution in [0.1, 0.15) is 24.0 Å². The summed E-state index contributed by atoms with van der Waals surface area (Å²) in [5, 5.41) is 5.87. The van der Waals surface area contributed by atoms with Gasteiger partial charge in [0.25, 0.3) is 5.91 Å². The molecule has 27 heavy (non-hydrogen) atoms. The SMILES string of the molecule is Cc1ccc(NC(=O)COC(=O)CCC(=O)Nc2ccc(Cl)cc2)cc1C. The average Bonchev–Trinajstić information content (AvgIpc) is 2.63. The molecule has 0 bridgehead atoms. The Morgan fingerprint density at radius 3 is 2.15 bits per heavy atom.